The van der Waals surface area contributed by atoms with Crippen LogP contribution in [0.1, 0.15) is 50.5 Å². The second kappa shape index (κ2) is 6.90. The maximum atomic E-state index is 12.0. The van der Waals surface area contributed by atoms with Crippen LogP contribution < -0.4 is 10.2 Å². The summed E-state index contributed by atoms with van der Waals surface area (Å²) in [5.74, 6) is 0.516. The summed E-state index contributed by atoms with van der Waals surface area (Å²) in [5, 5.41) is 0. The van der Waals surface area contributed by atoms with E-state index in [2.05, 4.69) is 0 Å². The van der Waals surface area contributed by atoms with Crippen LogP contribution in [0.15, 0.2) is 48.5 Å². The van der Waals surface area contributed by atoms with Gasteiger partial charge in [-0.1, -0.05) is 36.4 Å². The van der Waals surface area contributed by atoms with E-state index >= 15 is 0 Å². The van der Waals surface area contributed by atoms with Crippen molar-refractivity contribution < 1.29 is 18.8 Å². The number of hydrogen-bond acceptors (Lipinski definition) is 4. The Balaban J connectivity index is 1.86. The largest absolute Gasteiger partial charge is 0.494 e. The monoisotopic (exact) mass is 352 g/mol. The molecule has 26 heavy (non-hydrogen) atoms. The summed E-state index contributed by atoms with van der Waals surface area (Å²) in [6.07, 6.45) is 0. The Bertz CT molecular complexity index is 783. The fraction of sp³-hybridized carbons (Fsp3) is 0.381. The summed E-state index contributed by atoms with van der Waals surface area (Å²) in [6.45, 7) is 10.0. The van der Waals surface area contributed by atoms with Crippen molar-refractivity contribution in [3.05, 3.63) is 59.7 Å². The molecule has 136 valence electrons. The van der Waals surface area contributed by atoms with Crippen LogP contribution >= 0.6 is 0 Å². The molecule has 1 aliphatic rings. The molecule has 0 N–H and O–H groups in total. The highest BCUT2D eigenvalue weighted by molar-refractivity contribution is 6.62. The molecule has 2 aromatic rings. The van der Waals surface area contributed by atoms with Crippen molar-refractivity contribution in [2.24, 2.45) is 0 Å². The minimum Gasteiger partial charge on any atom is -0.488 e. The van der Waals surface area contributed by atoms with Crippen LogP contribution in [0.5, 0.6) is 5.75 Å². The zero-order chi connectivity index (χ0) is 18.9. The Morgan fingerprint density at radius 3 is 2.19 bits per heavy atom. The van der Waals surface area contributed by atoms with Gasteiger partial charge in [0.1, 0.15) is 12.4 Å². The molecule has 0 atom stereocenters. The SMILES string of the molecule is CC(=O)c1ccc(B2OC(C)(C)C(C)(C)O2)cc1OCc1ccccc1. The second-order valence-corrected chi connectivity index (χ2v) is 7.67. The van der Waals surface area contributed by atoms with Crippen LogP contribution in [-0.2, 0) is 15.9 Å². The zero-order valence-electron chi connectivity index (χ0n) is 16.0. The number of benzene rings is 2. The fourth-order valence-corrected chi connectivity index (χ4v) is 2.81. The summed E-state index contributed by atoms with van der Waals surface area (Å²) < 4.78 is 18.2. The number of ether oxygens (including phenoxy) is 1. The van der Waals surface area contributed by atoms with Crippen LogP contribution in [0.25, 0.3) is 0 Å². The molecule has 0 unspecified atom stereocenters. The minimum absolute atomic E-state index is 0.0338. The summed E-state index contributed by atoms with van der Waals surface area (Å²) in [7, 11) is -0.486. The number of carbonyl (C=O) groups is 1. The van der Waals surface area contributed by atoms with E-state index in [1.165, 1.54) is 0 Å². The first-order chi connectivity index (χ1) is 12.2. The molecule has 0 amide bonds. The van der Waals surface area contributed by atoms with Crippen molar-refractivity contribution in [1.29, 1.82) is 0 Å². The van der Waals surface area contributed by atoms with Gasteiger partial charge in [0.15, 0.2) is 5.78 Å². The smallest absolute Gasteiger partial charge is 0.488 e. The van der Waals surface area contributed by atoms with Crippen molar-refractivity contribution >= 4 is 18.4 Å². The zero-order valence-corrected chi connectivity index (χ0v) is 16.0. The molecule has 0 aromatic heterocycles. The first kappa shape index (κ1) is 18.7. The maximum Gasteiger partial charge on any atom is 0.494 e. The standard InChI is InChI=1S/C21H25BO4/c1-15(23)18-12-11-17(22-25-20(2,3)21(4,5)26-22)13-19(18)24-14-16-9-7-6-8-10-16/h6-13H,14H2,1-5H3. The highest BCUT2D eigenvalue weighted by atomic mass is 16.7. The van der Waals surface area contributed by atoms with E-state index in [0.29, 0.717) is 17.9 Å². The second-order valence-electron chi connectivity index (χ2n) is 7.67. The van der Waals surface area contributed by atoms with Crippen LogP contribution in [0.3, 0.4) is 0 Å². The van der Waals surface area contributed by atoms with E-state index < -0.39 is 18.3 Å². The molecular weight excluding hydrogens is 327 g/mol. The normalized spacial score (nSPS) is 18.0. The summed E-state index contributed by atoms with van der Waals surface area (Å²) in [5.41, 5.74) is 1.62. The maximum absolute atomic E-state index is 12.0. The van der Waals surface area contributed by atoms with Gasteiger partial charge in [0.2, 0.25) is 0 Å². The Labute approximate surface area is 155 Å². The van der Waals surface area contributed by atoms with Crippen LogP contribution in [0.2, 0.25) is 0 Å². The predicted octanol–water partition coefficient (Wildman–Crippen LogP) is 3.77. The third-order valence-corrected chi connectivity index (χ3v) is 5.15. The van der Waals surface area contributed by atoms with Crippen LogP contribution in [0.4, 0.5) is 0 Å². The molecule has 0 spiro atoms. The highest BCUT2D eigenvalue weighted by Gasteiger charge is 2.51. The van der Waals surface area contributed by atoms with Gasteiger partial charge in [0.05, 0.1) is 16.8 Å². The Morgan fingerprint density at radius 1 is 1.00 bits per heavy atom. The third kappa shape index (κ3) is 3.69. The number of Topliss-reactive ketones (excluding diaryl/α,β-unsaturated/α-hetero) is 1. The minimum atomic E-state index is -0.486. The molecule has 1 saturated heterocycles. The van der Waals surface area contributed by atoms with Crippen molar-refractivity contribution in [1.82, 2.24) is 0 Å². The molecular formula is C21H25BO4. The first-order valence-electron chi connectivity index (χ1n) is 8.87. The lowest BCUT2D eigenvalue weighted by atomic mass is 9.78. The van der Waals surface area contributed by atoms with Crippen molar-refractivity contribution in [2.75, 3.05) is 0 Å². The lowest BCUT2D eigenvalue weighted by molar-refractivity contribution is 0.00578. The molecule has 1 fully saturated rings. The number of rotatable bonds is 5. The van der Waals surface area contributed by atoms with Gasteiger partial charge in [0, 0.05) is 0 Å². The average molecular weight is 352 g/mol. The number of ketones is 1. The van der Waals surface area contributed by atoms with Gasteiger partial charge in [-0.25, -0.2) is 0 Å². The van der Waals surface area contributed by atoms with E-state index in [9.17, 15) is 4.79 Å². The third-order valence-electron chi connectivity index (χ3n) is 5.15. The topological polar surface area (TPSA) is 44.8 Å². The summed E-state index contributed by atoms with van der Waals surface area (Å²) in [6, 6.07) is 15.4. The molecule has 5 heteroatoms. The van der Waals surface area contributed by atoms with E-state index in [0.717, 1.165) is 11.0 Å². The Morgan fingerprint density at radius 2 is 1.62 bits per heavy atom. The lowest BCUT2D eigenvalue weighted by Gasteiger charge is -2.32. The van der Waals surface area contributed by atoms with Gasteiger partial charge >= 0.3 is 7.12 Å². The van der Waals surface area contributed by atoms with Crippen LogP contribution in [0, 0.1) is 0 Å². The van der Waals surface area contributed by atoms with Crippen molar-refractivity contribution in [3.8, 4) is 5.75 Å². The molecule has 3 rings (SSSR count). The van der Waals surface area contributed by atoms with Gasteiger partial charge in [0.25, 0.3) is 0 Å². The van der Waals surface area contributed by atoms with E-state index in [1.807, 2.05) is 70.2 Å². The van der Waals surface area contributed by atoms with Gasteiger partial charge in [-0.05, 0) is 57.8 Å². The van der Waals surface area contributed by atoms with Gasteiger partial charge in [-0.2, -0.15) is 0 Å². The molecule has 0 saturated carbocycles. The Kier molecular flexibility index (Phi) is 4.95. The van der Waals surface area contributed by atoms with Gasteiger partial charge in [-0.15, -0.1) is 0 Å². The van der Waals surface area contributed by atoms with Crippen molar-refractivity contribution in [3.63, 3.8) is 0 Å². The van der Waals surface area contributed by atoms with E-state index in [4.69, 9.17) is 14.0 Å². The first-order valence-corrected chi connectivity index (χ1v) is 8.87. The summed E-state index contributed by atoms with van der Waals surface area (Å²) in [4.78, 5) is 12.0. The van der Waals surface area contributed by atoms with E-state index in [-0.39, 0.29) is 5.78 Å². The fourth-order valence-electron chi connectivity index (χ4n) is 2.81. The predicted molar refractivity (Wildman–Crippen MR) is 103 cm³/mol. The van der Waals surface area contributed by atoms with E-state index in [1.54, 1.807) is 13.0 Å². The summed E-state index contributed by atoms with van der Waals surface area (Å²) >= 11 is 0. The number of hydrogen-bond donors (Lipinski definition) is 0. The molecule has 4 nitrogen and oxygen atoms in total. The molecule has 2 aromatic carbocycles. The lowest BCUT2D eigenvalue weighted by Crippen LogP contribution is -2.41. The van der Waals surface area contributed by atoms with Gasteiger partial charge < -0.3 is 14.0 Å². The molecule has 1 heterocycles. The van der Waals surface area contributed by atoms with Crippen LogP contribution in [-0.4, -0.2) is 24.1 Å². The molecule has 1 aliphatic heterocycles. The Hall–Kier alpha value is -2.11. The highest BCUT2D eigenvalue weighted by Crippen LogP contribution is 2.36. The molecule has 0 aliphatic carbocycles. The van der Waals surface area contributed by atoms with Crippen molar-refractivity contribution in [2.45, 2.75) is 52.4 Å². The molecule has 0 bridgehead atoms. The quantitative estimate of drug-likeness (QED) is 0.607. The number of carbonyl (C=O) groups excluding carboxylic acids is 1. The van der Waals surface area contributed by atoms with Gasteiger partial charge in [-0.3, -0.25) is 4.79 Å². The average Bonchev–Trinajstić information content (AvgIpc) is 2.81. The molecule has 0 radical (unpaired) electrons.